The first-order valence-electron chi connectivity index (χ1n) is 5.28. The summed E-state index contributed by atoms with van der Waals surface area (Å²) in [5.41, 5.74) is 6.09. The molecule has 0 bridgehead atoms. The lowest BCUT2D eigenvalue weighted by molar-refractivity contribution is -0.126. The number of carbonyl (C=O) groups is 1. The number of carbonyl (C=O) groups excluding carboxylic acids is 1. The molecule has 0 aliphatic heterocycles. The van der Waals surface area contributed by atoms with Gasteiger partial charge in [0, 0.05) is 11.0 Å². The van der Waals surface area contributed by atoms with Crippen LogP contribution >= 0.6 is 15.9 Å². The molecule has 16 heavy (non-hydrogen) atoms. The highest BCUT2D eigenvalue weighted by atomic mass is 79.9. The molecule has 88 valence electrons. The fourth-order valence-electron chi connectivity index (χ4n) is 1.18. The van der Waals surface area contributed by atoms with Crippen LogP contribution in [-0.2, 0) is 11.3 Å². The van der Waals surface area contributed by atoms with Crippen LogP contribution in [0.1, 0.15) is 25.8 Å². The molecule has 1 atom stereocenters. The summed E-state index contributed by atoms with van der Waals surface area (Å²) in [7, 11) is 0. The molecule has 0 fully saturated rings. The van der Waals surface area contributed by atoms with E-state index in [1.54, 1.807) is 6.92 Å². The number of amides is 1. The molecule has 0 saturated carbocycles. The normalized spacial score (nSPS) is 14.2. The standard InChI is InChI=1S/C12H17BrN2O/c1-3-12(2,14)11(16)15-8-9-6-4-5-7-10(9)13/h4-7H,3,8,14H2,1-2H3,(H,15,16). The number of hydrogen-bond acceptors (Lipinski definition) is 2. The monoisotopic (exact) mass is 284 g/mol. The van der Waals surface area contributed by atoms with Gasteiger partial charge in [0.2, 0.25) is 5.91 Å². The second-order valence-electron chi connectivity index (χ2n) is 4.05. The van der Waals surface area contributed by atoms with Crippen molar-refractivity contribution in [1.29, 1.82) is 0 Å². The molecule has 0 heterocycles. The third kappa shape index (κ3) is 3.32. The van der Waals surface area contributed by atoms with Gasteiger partial charge in [0.25, 0.3) is 0 Å². The first kappa shape index (κ1) is 13.2. The van der Waals surface area contributed by atoms with E-state index in [4.69, 9.17) is 5.73 Å². The fourth-order valence-corrected chi connectivity index (χ4v) is 1.60. The molecule has 1 rings (SSSR count). The zero-order valence-electron chi connectivity index (χ0n) is 9.59. The third-order valence-corrected chi connectivity index (χ3v) is 3.42. The van der Waals surface area contributed by atoms with E-state index in [1.807, 2.05) is 31.2 Å². The molecule has 1 unspecified atom stereocenters. The number of rotatable bonds is 4. The maximum absolute atomic E-state index is 11.7. The lowest BCUT2D eigenvalue weighted by atomic mass is 9.99. The summed E-state index contributed by atoms with van der Waals surface area (Å²) in [6.45, 7) is 4.13. The number of hydrogen-bond donors (Lipinski definition) is 2. The first-order valence-corrected chi connectivity index (χ1v) is 6.07. The Balaban J connectivity index is 2.59. The highest BCUT2D eigenvalue weighted by Crippen LogP contribution is 2.15. The van der Waals surface area contributed by atoms with E-state index in [2.05, 4.69) is 21.2 Å². The fraction of sp³-hybridized carbons (Fsp3) is 0.417. The second-order valence-corrected chi connectivity index (χ2v) is 4.90. The Bertz CT molecular complexity index is 377. The van der Waals surface area contributed by atoms with Crippen LogP contribution in [0.4, 0.5) is 0 Å². The Morgan fingerprint density at radius 3 is 2.69 bits per heavy atom. The van der Waals surface area contributed by atoms with Crippen molar-refractivity contribution in [1.82, 2.24) is 5.32 Å². The van der Waals surface area contributed by atoms with Crippen molar-refractivity contribution in [2.45, 2.75) is 32.4 Å². The van der Waals surface area contributed by atoms with E-state index < -0.39 is 5.54 Å². The Morgan fingerprint density at radius 2 is 2.12 bits per heavy atom. The zero-order chi connectivity index (χ0) is 12.2. The number of nitrogens with one attached hydrogen (secondary N) is 1. The number of benzene rings is 1. The lowest BCUT2D eigenvalue weighted by Crippen LogP contribution is -2.50. The Labute approximate surface area is 105 Å². The van der Waals surface area contributed by atoms with Crippen LogP contribution in [0, 0.1) is 0 Å². The van der Waals surface area contributed by atoms with Crippen molar-refractivity contribution in [2.75, 3.05) is 0 Å². The minimum atomic E-state index is -0.790. The molecule has 3 N–H and O–H groups in total. The van der Waals surface area contributed by atoms with Gasteiger partial charge in [-0.05, 0) is 25.0 Å². The highest BCUT2D eigenvalue weighted by molar-refractivity contribution is 9.10. The van der Waals surface area contributed by atoms with Crippen LogP contribution in [0.25, 0.3) is 0 Å². The summed E-state index contributed by atoms with van der Waals surface area (Å²) in [6.07, 6.45) is 0.620. The minimum absolute atomic E-state index is 0.120. The van der Waals surface area contributed by atoms with Crippen molar-refractivity contribution in [3.63, 3.8) is 0 Å². The smallest absolute Gasteiger partial charge is 0.240 e. The summed E-state index contributed by atoms with van der Waals surface area (Å²) in [4.78, 5) is 11.7. The Morgan fingerprint density at radius 1 is 1.50 bits per heavy atom. The SMILES string of the molecule is CCC(C)(N)C(=O)NCc1ccccc1Br. The quantitative estimate of drug-likeness (QED) is 0.891. The van der Waals surface area contributed by atoms with Crippen LogP contribution in [0.5, 0.6) is 0 Å². The van der Waals surface area contributed by atoms with Gasteiger partial charge in [-0.1, -0.05) is 41.1 Å². The molecule has 0 radical (unpaired) electrons. The van der Waals surface area contributed by atoms with E-state index >= 15 is 0 Å². The van der Waals surface area contributed by atoms with Crippen LogP contribution in [0.3, 0.4) is 0 Å². The summed E-state index contributed by atoms with van der Waals surface area (Å²) < 4.78 is 0.991. The van der Waals surface area contributed by atoms with Gasteiger partial charge >= 0.3 is 0 Å². The van der Waals surface area contributed by atoms with Crippen molar-refractivity contribution < 1.29 is 4.79 Å². The van der Waals surface area contributed by atoms with E-state index in [0.717, 1.165) is 10.0 Å². The molecule has 0 aliphatic rings. The zero-order valence-corrected chi connectivity index (χ0v) is 11.2. The molecule has 1 aromatic carbocycles. The van der Waals surface area contributed by atoms with Gasteiger partial charge in [-0.25, -0.2) is 0 Å². The summed E-state index contributed by atoms with van der Waals surface area (Å²) in [6, 6.07) is 7.79. The van der Waals surface area contributed by atoms with Crippen molar-refractivity contribution >= 4 is 21.8 Å². The predicted octanol–water partition coefficient (Wildman–Crippen LogP) is 2.19. The molecule has 4 heteroatoms. The topological polar surface area (TPSA) is 55.1 Å². The van der Waals surface area contributed by atoms with Gasteiger partial charge < -0.3 is 11.1 Å². The Hall–Kier alpha value is -0.870. The Kier molecular flexibility index (Phi) is 4.50. The van der Waals surface area contributed by atoms with E-state index in [9.17, 15) is 4.79 Å². The van der Waals surface area contributed by atoms with E-state index in [0.29, 0.717) is 13.0 Å². The summed E-state index contributed by atoms with van der Waals surface area (Å²) in [5.74, 6) is -0.120. The second kappa shape index (κ2) is 5.46. The largest absolute Gasteiger partial charge is 0.350 e. The van der Waals surface area contributed by atoms with Crippen LogP contribution in [-0.4, -0.2) is 11.4 Å². The van der Waals surface area contributed by atoms with E-state index in [-0.39, 0.29) is 5.91 Å². The van der Waals surface area contributed by atoms with Crippen molar-refractivity contribution in [3.8, 4) is 0 Å². The molecule has 0 spiro atoms. The van der Waals surface area contributed by atoms with Crippen LogP contribution in [0.15, 0.2) is 28.7 Å². The summed E-state index contributed by atoms with van der Waals surface area (Å²) >= 11 is 3.43. The number of nitrogens with two attached hydrogens (primary N) is 1. The first-order chi connectivity index (χ1) is 7.47. The van der Waals surface area contributed by atoms with Gasteiger partial charge in [-0.2, -0.15) is 0 Å². The average Bonchev–Trinajstić information content (AvgIpc) is 2.27. The van der Waals surface area contributed by atoms with Gasteiger partial charge in [0.05, 0.1) is 5.54 Å². The molecule has 3 nitrogen and oxygen atoms in total. The highest BCUT2D eigenvalue weighted by Gasteiger charge is 2.25. The molecule has 0 saturated heterocycles. The maximum Gasteiger partial charge on any atom is 0.240 e. The number of halogens is 1. The molecule has 1 amide bonds. The van der Waals surface area contributed by atoms with Gasteiger partial charge in [-0.3, -0.25) is 4.79 Å². The van der Waals surface area contributed by atoms with Gasteiger partial charge in [0.15, 0.2) is 0 Å². The van der Waals surface area contributed by atoms with Gasteiger partial charge in [-0.15, -0.1) is 0 Å². The average molecular weight is 285 g/mol. The molecule has 1 aromatic rings. The summed E-state index contributed by atoms with van der Waals surface area (Å²) in [5, 5.41) is 2.84. The van der Waals surface area contributed by atoms with Gasteiger partial charge in [0.1, 0.15) is 0 Å². The molecule has 0 aliphatic carbocycles. The van der Waals surface area contributed by atoms with Crippen molar-refractivity contribution in [3.05, 3.63) is 34.3 Å². The molecule has 0 aromatic heterocycles. The predicted molar refractivity (Wildman–Crippen MR) is 68.9 cm³/mol. The lowest BCUT2D eigenvalue weighted by Gasteiger charge is -2.21. The van der Waals surface area contributed by atoms with Crippen LogP contribution < -0.4 is 11.1 Å². The molecular formula is C12H17BrN2O. The van der Waals surface area contributed by atoms with Crippen molar-refractivity contribution in [2.24, 2.45) is 5.73 Å². The molecular weight excluding hydrogens is 268 g/mol. The van der Waals surface area contributed by atoms with E-state index in [1.165, 1.54) is 0 Å². The third-order valence-electron chi connectivity index (χ3n) is 2.65. The minimum Gasteiger partial charge on any atom is -0.350 e. The van der Waals surface area contributed by atoms with Crippen LogP contribution in [0.2, 0.25) is 0 Å². The maximum atomic E-state index is 11.7.